The zero-order chi connectivity index (χ0) is 15.2. The molecule has 0 aromatic heterocycles. The van der Waals surface area contributed by atoms with Crippen LogP contribution in [0.25, 0.3) is 0 Å². The van der Waals surface area contributed by atoms with E-state index < -0.39 is 10.7 Å². The van der Waals surface area contributed by atoms with Crippen LogP contribution in [0, 0.1) is 32.7 Å². The van der Waals surface area contributed by atoms with Crippen molar-refractivity contribution in [2.75, 3.05) is 6.61 Å². The molecule has 0 heterocycles. The third kappa shape index (κ3) is 4.84. The molecular formula is C14H17FN2O3. The molecule has 0 aliphatic rings. The van der Waals surface area contributed by atoms with Crippen molar-refractivity contribution in [3.8, 4) is 11.8 Å². The normalized spacial score (nSPS) is 10.9. The first-order valence-electron chi connectivity index (χ1n) is 6.34. The fourth-order valence-corrected chi connectivity index (χ4v) is 1.66. The summed E-state index contributed by atoms with van der Waals surface area (Å²) >= 11 is 0. The summed E-state index contributed by atoms with van der Waals surface area (Å²) in [4.78, 5) is 10.1. The Kier molecular flexibility index (Phi) is 5.44. The molecule has 0 aliphatic heterocycles. The Hall–Kier alpha value is -2.16. The standard InChI is InChI=1S/C14H17FN2O3/c1-14(2,10-16)7-3-4-8-20-13-6-5-11(15)9-12(13)17(18)19/h5-6,9H,3-4,7-8H2,1-2H3. The highest BCUT2D eigenvalue weighted by atomic mass is 19.1. The van der Waals surface area contributed by atoms with Crippen LogP contribution < -0.4 is 4.74 Å². The molecular weight excluding hydrogens is 263 g/mol. The van der Waals surface area contributed by atoms with Crippen molar-refractivity contribution in [2.24, 2.45) is 5.41 Å². The summed E-state index contributed by atoms with van der Waals surface area (Å²) in [7, 11) is 0. The van der Waals surface area contributed by atoms with E-state index in [-0.39, 0.29) is 16.9 Å². The lowest BCUT2D eigenvalue weighted by atomic mass is 9.89. The van der Waals surface area contributed by atoms with Crippen LogP contribution in [0.1, 0.15) is 33.1 Å². The number of rotatable bonds is 7. The number of nitriles is 1. The fourth-order valence-electron chi connectivity index (χ4n) is 1.66. The minimum Gasteiger partial charge on any atom is -0.487 e. The minimum absolute atomic E-state index is 0.0657. The summed E-state index contributed by atoms with van der Waals surface area (Å²) in [6.07, 6.45) is 2.20. The SMILES string of the molecule is CC(C)(C#N)CCCCOc1ccc(F)cc1[N+](=O)[O-]. The zero-order valence-electron chi connectivity index (χ0n) is 11.6. The van der Waals surface area contributed by atoms with Gasteiger partial charge in [-0.1, -0.05) is 0 Å². The molecule has 5 nitrogen and oxygen atoms in total. The maximum Gasteiger partial charge on any atom is 0.313 e. The lowest BCUT2D eigenvalue weighted by Crippen LogP contribution is -2.08. The molecule has 0 radical (unpaired) electrons. The van der Waals surface area contributed by atoms with Crippen molar-refractivity contribution in [2.45, 2.75) is 33.1 Å². The molecule has 0 saturated carbocycles. The van der Waals surface area contributed by atoms with Gasteiger partial charge in [-0.25, -0.2) is 4.39 Å². The number of hydrogen-bond donors (Lipinski definition) is 0. The average Bonchev–Trinajstić information content (AvgIpc) is 2.39. The van der Waals surface area contributed by atoms with Gasteiger partial charge in [0, 0.05) is 0 Å². The molecule has 20 heavy (non-hydrogen) atoms. The Morgan fingerprint density at radius 2 is 2.15 bits per heavy atom. The monoisotopic (exact) mass is 280 g/mol. The van der Waals surface area contributed by atoms with Crippen LogP contribution in [-0.4, -0.2) is 11.5 Å². The maximum atomic E-state index is 12.9. The van der Waals surface area contributed by atoms with E-state index in [9.17, 15) is 14.5 Å². The number of nitrogens with zero attached hydrogens (tertiary/aromatic N) is 2. The smallest absolute Gasteiger partial charge is 0.313 e. The highest BCUT2D eigenvalue weighted by Crippen LogP contribution is 2.28. The first-order valence-corrected chi connectivity index (χ1v) is 6.34. The van der Waals surface area contributed by atoms with Gasteiger partial charge in [-0.15, -0.1) is 0 Å². The van der Waals surface area contributed by atoms with Crippen LogP contribution >= 0.6 is 0 Å². The molecule has 0 spiro atoms. The van der Waals surface area contributed by atoms with E-state index in [0.29, 0.717) is 13.0 Å². The summed E-state index contributed by atoms with van der Waals surface area (Å²) in [5.74, 6) is -0.601. The van der Waals surface area contributed by atoms with Gasteiger partial charge in [0.2, 0.25) is 0 Å². The first-order chi connectivity index (χ1) is 9.35. The van der Waals surface area contributed by atoms with E-state index in [4.69, 9.17) is 10.00 Å². The van der Waals surface area contributed by atoms with Crippen molar-refractivity contribution in [3.63, 3.8) is 0 Å². The van der Waals surface area contributed by atoms with Crippen LogP contribution in [0.15, 0.2) is 18.2 Å². The maximum absolute atomic E-state index is 12.9. The Labute approximate surface area is 117 Å². The Morgan fingerprint density at radius 3 is 2.75 bits per heavy atom. The zero-order valence-corrected chi connectivity index (χ0v) is 11.6. The molecule has 0 unspecified atom stereocenters. The van der Waals surface area contributed by atoms with Gasteiger partial charge in [0.15, 0.2) is 5.75 Å². The predicted octanol–water partition coefficient (Wildman–Crippen LogP) is 3.83. The Bertz CT molecular complexity index is 524. The molecule has 0 amide bonds. The lowest BCUT2D eigenvalue weighted by Gasteiger charge is -2.14. The van der Waals surface area contributed by atoms with E-state index in [0.717, 1.165) is 25.0 Å². The van der Waals surface area contributed by atoms with E-state index >= 15 is 0 Å². The molecule has 0 N–H and O–H groups in total. The quantitative estimate of drug-likeness (QED) is 0.432. The van der Waals surface area contributed by atoms with Gasteiger partial charge in [-0.05, 0) is 45.2 Å². The van der Waals surface area contributed by atoms with E-state index in [1.165, 1.54) is 6.07 Å². The lowest BCUT2D eigenvalue weighted by molar-refractivity contribution is -0.386. The van der Waals surface area contributed by atoms with Crippen LogP contribution in [0.4, 0.5) is 10.1 Å². The summed E-state index contributed by atoms with van der Waals surface area (Å²) < 4.78 is 18.2. The average molecular weight is 280 g/mol. The molecule has 1 aromatic carbocycles. The summed E-state index contributed by atoms with van der Waals surface area (Å²) in [5, 5.41) is 19.6. The molecule has 0 fully saturated rings. The van der Waals surface area contributed by atoms with Crippen molar-refractivity contribution in [1.29, 1.82) is 5.26 Å². The van der Waals surface area contributed by atoms with Gasteiger partial charge in [-0.3, -0.25) is 10.1 Å². The summed E-state index contributed by atoms with van der Waals surface area (Å²) in [6.45, 7) is 4.02. The van der Waals surface area contributed by atoms with Crippen LogP contribution in [0.2, 0.25) is 0 Å². The predicted molar refractivity (Wildman–Crippen MR) is 71.8 cm³/mol. The molecule has 6 heteroatoms. The second kappa shape index (κ2) is 6.85. The van der Waals surface area contributed by atoms with Crippen molar-refractivity contribution < 1.29 is 14.1 Å². The number of nitro groups is 1. The highest BCUT2D eigenvalue weighted by molar-refractivity contribution is 5.46. The van der Waals surface area contributed by atoms with E-state index in [2.05, 4.69) is 6.07 Å². The molecule has 0 aliphatic carbocycles. The topological polar surface area (TPSA) is 76.2 Å². The number of unbranched alkanes of at least 4 members (excludes halogenated alkanes) is 1. The molecule has 1 rings (SSSR count). The van der Waals surface area contributed by atoms with Gasteiger partial charge in [-0.2, -0.15) is 5.26 Å². The third-order valence-corrected chi connectivity index (χ3v) is 2.87. The molecule has 0 atom stereocenters. The number of hydrogen-bond acceptors (Lipinski definition) is 4. The molecule has 1 aromatic rings. The third-order valence-electron chi connectivity index (χ3n) is 2.87. The minimum atomic E-state index is -0.669. The first kappa shape index (κ1) is 15.9. The van der Waals surface area contributed by atoms with Gasteiger partial charge >= 0.3 is 5.69 Å². The van der Waals surface area contributed by atoms with Crippen LogP contribution in [0.3, 0.4) is 0 Å². The van der Waals surface area contributed by atoms with Crippen molar-refractivity contribution >= 4 is 5.69 Å². The largest absolute Gasteiger partial charge is 0.487 e. The molecule has 0 bridgehead atoms. The number of benzene rings is 1. The van der Waals surface area contributed by atoms with Crippen molar-refractivity contribution in [3.05, 3.63) is 34.1 Å². The van der Waals surface area contributed by atoms with Crippen LogP contribution in [0.5, 0.6) is 5.75 Å². The van der Waals surface area contributed by atoms with Gasteiger partial charge in [0.25, 0.3) is 0 Å². The number of halogens is 1. The molecule has 108 valence electrons. The van der Waals surface area contributed by atoms with Crippen LogP contribution in [-0.2, 0) is 0 Å². The fraction of sp³-hybridized carbons (Fsp3) is 0.500. The highest BCUT2D eigenvalue weighted by Gasteiger charge is 2.17. The van der Waals surface area contributed by atoms with Gasteiger partial charge in [0.05, 0.1) is 29.1 Å². The second-order valence-electron chi connectivity index (χ2n) is 5.17. The van der Waals surface area contributed by atoms with Gasteiger partial charge in [0.1, 0.15) is 5.82 Å². The Balaban J connectivity index is 2.47. The second-order valence-corrected chi connectivity index (χ2v) is 5.17. The van der Waals surface area contributed by atoms with E-state index in [1.807, 2.05) is 13.8 Å². The van der Waals surface area contributed by atoms with E-state index in [1.54, 1.807) is 0 Å². The number of ether oxygens (including phenoxy) is 1. The molecule has 0 saturated heterocycles. The summed E-state index contributed by atoms with van der Waals surface area (Å²) in [5.41, 5.74) is -0.746. The van der Waals surface area contributed by atoms with Crippen molar-refractivity contribution in [1.82, 2.24) is 0 Å². The summed E-state index contributed by atoms with van der Waals surface area (Å²) in [6, 6.07) is 5.43. The Morgan fingerprint density at radius 1 is 1.45 bits per heavy atom. The van der Waals surface area contributed by atoms with Gasteiger partial charge < -0.3 is 4.74 Å². The number of nitro benzene ring substituents is 1.